The van der Waals surface area contributed by atoms with Gasteiger partial charge < -0.3 is 10.2 Å². The van der Waals surface area contributed by atoms with Crippen LogP contribution in [-0.4, -0.2) is 41.4 Å². The van der Waals surface area contributed by atoms with Gasteiger partial charge in [-0.25, -0.2) is 0 Å². The molecule has 0 aliphatic heterocycles. The molecular formula is C15H21NO2. The number of hydrogen-bond donors (Lipinski definition) is 2. The van der Waals surface area contributed by atoms with E-state index in [0.717, 1.165) is 18.7 Å². The van der Waals surface area contributed by atoms with Crippen LogP contribution in [0.4, 0.5) is 0 Å². The molecule has 0 heterocycles. The third kappa shape index (κ3) is 4.89. The minimum atomic E-state index is 0.0980. The van der Waals surface area contributed by atoms with Crippen LogP contribution in [-0.2, 0) is 6.54 Å². The van der Waals surface area contributed by atoms with E-state index >= 15 is 0 Å². The summed E-state index contributed by atoms with van der Waals surface area (Å²) in [6, 6.07) is 8.02. The van der Waals surface area contributed by atoms with Crippen LogP contribution in [0.3, 0.4) is 0 Å². The zero-order valence-electron chi connectivity index (χ0n) is 10.9. The highest BCUT2D eigenvalue weighted by Crippen LogP contribution is 2.10. The minimum absolute atomic E-state index is 0.0980. The molecule has 1 rings (SSSR count). The molecule has 3 nitrogen and oxygen atoms in total. The molecule has 0 radical (unpaired) electrons. The molecule has 1 aromatic carbocycles. The fourth-order valence-corrected chi connectivity index (χ4v) is 1.73. The van der Waals surface area contributed by atoms with E-state index in [-0.39, 0.29) is 13.2 Å². The summed E-state index contributed by atoms with van der Waals surface area (Å²) in [6.45, 7) is 4.72. The first-order chi connectivity index (χ1) is 8.81. The van der Waals surface area contributed by atoms with E-state index in [9.17, 15) is 0 Å². The molecular weight excluding hydrogens is 226 g/mol. The molecule has 0 saturated carbocycles. The maximum absolute atomic E-state index is 8.99. The summed E-state index contributed by atoms with van der Waals surface area (Å²) in [5.74, 6) is 6.03. The molecule has 0 saturated heterocycles. The maximum atomic E-state index is 8.99. The molecule has 0 aliphatic carbocycles. The predicted octanol–water partition coefficient (Wildman–Crippen LogP) is 1.23. The zero-order valence-corrected chi connectivity index (χ0v) is 10.9. The fraction of sp³-hybridized carbons (Fsp3) is 0.467. The number of likely N-dealkylation sites (N-methyl/N-ethyl adjacent to an activating group) is 1. The molecule has 18 heavy (non-hydrogen) atoms. The Bertz CT molecular complexity index is 406. The van der Waals surface area contributed by atoms with Crippen molar-refractivity contribution in [2.24, 2.45) is 0 Å². The Labute approximate surface area is 109 Å². The Morgan fingerprint density at radius 3 is 2.61 bits per heavy atom. The second-order valence-corrected chi connectivity index (χ2v) is 4.02. The smallest absolute Gasteiger partial charge is 0.0558 e. The average molecular weight is 247 g/mol. The molecule has 0 bridgehead atoms. The summed E-state index contributed by atoms with van der Waals surface area (Å²) in [6.07, 6.45) is 0.502. The third-order valence-corrected chi connectivity index (χ3v) is 2.73. The standard InChI is InChI=1S/C15H21NO2/c1-2-16(10-12-18)13-15-9-4-3-7-14(15)8-5-6-11-17/h3-4,7,9,17-18H,2,6,10-13H2,1H3. The van der Waals surface area contributed by atoms with Crippen LogP contribution in [0.5, 0.6) is 0 Å². The van der Waals surface area contributed by atoms with Gasteiger partial charge in [-0.3, -0.25) is 4.90 Å². The van der Waals surface area contributed by atoms with Gasteiger partial charge in [-0.15, -0.1) is 0 Å². The van der Waals surface area contributed by atoms with Crippen molar-refractivity contribution in [3.63, 3.8) is 0 Å². The molecule has 0 aliphatic rings. The second kappa shape index (κ2) is 8.71. The van der Waals surface area contributed by atoms with Crippen LogP contribution in [0, 0.1) is 11.8 Å². The monoisotopic (exact) mass is 247 g/mol. The van der Waals surface area contributed by atoms with Crippen LogP contribution in [0.25, 0.3) is 0 Å². The third-order valence-electron chi connectivity index (χ3n) is 2.73. The number of nitrogens with zero attached hydrogens (tertiary/aromatic N) is 1. The van der Waals surface area contributed by atoms with Crippen molar-refractivity contribution in [3.8, 4) is 11.8 Å². The summed E-state index contributed by atoms with van der Waals surface area (Å²) in [4.78, 5) is 2.17. The Morgan fingerprint density at radius 1 is 1.17 bits per heavy atom. The Morgan fingerprint density at radius 2 is 1.94 bits per heavy atom. The first kappa shape index (κ1) is 14.7. The summed E-state index contributed by atoms with van der Waals surface area (Å²) in [5.41, 5.74) is 2.17. The van der Waals surface area contributed by atoms with Gasteiger partial charge in [-0.05, 0) is 18.2 Å². The summed E-state index contributed by atoms with van der Waals surface area (Å²) in [7, 11) is 0. The van der Waals surface area contributed by atoms with Crippen molar-refractivity contribution in [2.75, 3.05) is 26.3 Å². The Kier molecular flexibility index (Phi) is 7.12. The molecule has 0 aromatic heterocycles. The first-order valence-electron chi connectivity index (χ1n) is 6.32. The Balaban J connectivity index is 2.78. The maximum Gasteiger partial charge on any atom is 0.0558 e. The number of hydrogen-bond acceptors (Lipinski definition) is 3. The van der Waals surface area contributed by atoms with Crippen molar-refractivity contribution in [3.05, 3.63) is 35.4 Å². The van der Waals surface area contributed by atoms with Gasteiger partial charge in [0.25, 0.3) is 0 Å². The van der Waals surface area contributed by atoms with Gasteiger partial charge in [0.1, 0.15) is 0 Å². The van der Waals surface area contributed by atoms with E-state index in [1.165, 1.54) is 5.56 Å². The van der Waals surface area contributed by atoms with Crippen LogP contribution in [0.15, 0.2) is 24.3 Å². The van der Waals surface area contributed by atoms with Gasteiger partial charge in [0.2, 0.25) is 0 Å². The molecule has 0 unspecified atom stereocenters. The van der Waals surface area contributed by atoms with Gasteiger partial charge in [0.15, 0.2) is 0 Å². The molecule has 3 heteroatoms. The molecule has 0 amide bonds. The average Bonchev–Trinajstić information content (AvgIpc) is 2.40. The highest BCUT2D eigenvalue weighted by atomic mass is 16.3. The lowest BCUT2D eigenvalue weighted by Crippen LogP contribution is -2.26. The van der Waals surface area contributed by atoms with Crippen molar-refractivity contribution in [2.45, 2.75) is 19.9 Å². The van der Waals surface area contributed by atoms with Gasteiger partial charge in [0, 0.05) is 25.1 Å². The number of benzene rings is 1. The lowest BCUT2D eigenvalue weighted by Gasteiger charge is -2.19. The Hall–Kier alpha value is -1.34. The second-order valence-electron chi connectivity index (χ2n) is 4.02. The largest absolute Gasteiger partial charge is 0.395 e. The molecule has 0 atom stereocenters. The van der Waals surface area contributed by atoms with Crippen molar-refractivity contribution in [1.29, 1.82) is 0 Å². The van der Waals surface area contributed by atoms with Crippen molar-refractivity contribution >= 4 is 0 Å². The SMILES string of the molecule is CCN(CCO)Cc1ccccc1C#CCCO. The zero-order chi connectivity index (χ0) is 13.2. The topological polar surface area (TPSA) is 43.7 Å². The number of aliphatic hydroxyl groups excluding tert-OH is 2. The van der Waals surface area contributed by atoms with Crippen molar-refractivity contribution in [1.82, 2.24) is 4.90 Å². The fourth-order valence-electron chi connectivity index (χ4n) is 1.73. The van der Waals surface area contributed by atoms with Crippen LogP contribution < -0.4 is 0 Å². The minimum Gasteiger partial charge on any atom is -0.395 e. The lowest BCUT2D eigenvalue weighted by atomic mass is 10.1. The summed E-state index contributed by atoms with van der Waals surface area (Å²) in [5, 5.41) is 17.7. The van der Waals surface area contributed by atoms with E-state index in [1.54, 1.807) is 0 Å². The van der Waals surface area contributed by atoms with Crippen LogP contribution in [0.2, 0.25) is 0 Å². The molecule has 2 N–H and O–H groups in total. The van der Waals surface area contributed by atoms with Gasteiger partial charge in [-0.1, -0.05) is 37.0 Å². The van der Waals surface area contributed by atoms with E-state index in [2.05, 4.69) is 29.7 Å². The van der Waals surface area contributed by atoms with E-state index in [4.69, 9.17) is 10.2 Å². The summed E-state index contributed by atoms with van der Waals surface area (Å²) >= 11 is 0. The first-order valence-corrected chi connectivity index (χ1v) is 6.32. The predicted molar refractivity (Wildman–Crippen MR) is 73.1 cm³/mol. The van der Waals surface area contributed by atoms with E-state index in [1.807, 2.05) is 18.2 Å². The number of aliphatic hydroxyl groups is 2. The summed E-state index contributed by atoms with van der Waals surface area (Å²) < 4.78 is 0. The normalized spacial score (nSPS) is 10.2. The van der Waals surface area contributed by atoms with Crippen molar-refractivity contribution < 1.29 is 10.2 Å². The molecule has 0 spiro atoms. The van der Waals surface area contributed by atoms with Gasteiger partial charge in [0.05, 0.1) is 13.2 Å². The molecule has 0 fully saturated rings. The highest BCUT2D eigenvalue weighted by Gasteiger charge is 2.05. The quantitative estimate of drug-likeness (QED) is 0.743. The molecule has 1 aromatic rings. The van der Waals surface area contributed by atoms with Gasteiger partial charge >= 0.3 is 0 Å². The van der Waals surface area contributed by atoms with Gasteiger partial charge in [-0.2, -0.15) is 0 Å². The lowest BCUT2D eigenvalue weighted by molar-refractivity contribution is 0.196. The van der Waals surface area contributed by atoms with E-state index < -0.39 is 0 Å². The van der Waals surface area contributed by atoms with Crippen LogP contribution in [0.1, 0.15) is 24.5 Å². The highest BCUT2D eigenvalue weighted by molar-refractivity contribution is 5.41. The van der Waals surface area contributed by atoms with Crippen LogP contribution >= 0.6 is 0 Å². The van der Waals surface area contributed by atoms with E-state index in [0.29, 0.717) is 13.0 Å². The molecule has 98 valence electrons. The number of rotatable bonds is 6.